The molecule has 16 heavy (non-hydrogen) atoms. The van der Waals surface area contributed by atoms with Gasteiger partial charge in [-0.3, -0.25) is 0 Å². The molecule has 2 unspecified atom stereocenters. The number of halogens is 3. The molecule has 1 aromatic carbocycles. The molecule has 0 fully saturated rings. The Morgan fingerprint density at radius 1 is 1.25 bits per heavy atom. The minimum atomic E-state index is 0.365. The zero-order chi connectivity index (χ0) is 12.1. The van der Waals surface area contributed by atoms with E-state index in [1.54, 1.807) is 6.07 Å². The molecule has 1 rings (SSSR count). The molecule has 1 nitrogen and oxygen atoms in total. The Bertz CT molecular complexity index is 341. The van der Waals surface area contributed by atoms with E-state index in [2.05, 4.69) is 19.2 Å². The van der Waals surface area contributed by atoms with Crippen LogP contribution in [0.15, 0.2) is 18.2 Å². The van der Waals surface area contributed by atoms with Gasteiger partial charge >= 0.3 is 0 Å². The summed E-state index contributed by atoms with van der Waals surface area (Å²) >= 11 is 17.7. The van der Waals surface area contributed by atoms with E-state index in [0.717, 1.165) is 12.1 Å². The first-order valence-electron chi connectivity index (χ1n) is 5.28. The zero-order valence-electron chi connectivity index (χ0n) is 9.43. The van der Waals surface area contributed by atoms with Crippen molar-refractivity contribution in [1.82, 2.24) is 5.32 Å². The van der Waals surface area contributed by atoms with Gasteiger partial charge in [0.05, 0.1) is 0 Å². The van der Waals surface area contributed by atoms with Crippen LogP contribution in [0.2, 0.25) is 10.0 Å². The Morgan fingerprint density at radius 3 is 2.50 bits per heavy atom. The number of alkyl halides is 1. The first-order chi connectivity index (χ1) is 7.54. The molecular formula is C12H16Cl3N. The van der Waals surface area contributed by atoms with Crippen LogP contribution in [0.3, 0.4) is 0 Å². The average molecular weight is 281 g/mol. The van der Waals surface area contributed by atoms with Gasteiger partial charge < -0.3 is 5.32 Å². The second-order valence-corrected chi connectivity index (χ2v) is 5.19. The highest BCUT2D eigenvalue weighted by molar-refractivity contribution is 6.35. The highest BCUT2D eigenvalue weighted by Crippen LogP contribution is 2.21. The van der Waals surface area contributed by atoms with Gasteiger partial charge in [-0.25, -0.2) is 0 Å². The molecule has 2 atom stereocenters. The van der Waals surface area contributed by atoms with Crippen LogP contribution in [0, 0.1) is 5.92 Å². The number of hydrogen-bond acceptors (Lipinski definition) is 1. The van der Waals surface area contributed by atoms with Crippen molar-refractivity contribution in [2.45, 2.75) is 26.4 Å². The summed E-state index contributed by atoms with van der Waals surface area (Å²) in [6, 6.07) is 5.91. The molecule has 90 valence electrons. The molecule has 0 amide bonds. The molecule has 4 heteroatoms. The van der Waals surface area contributed by atoms with Gasteiger partial charge in [0.15, 0.2) is 0 Å². The number of hydrogen-bond donors (Lipinski definition) is 1. The second kappa shape index (κ2) is 6.70. The SMILES string of the molecule is CC(CCl)C(C)NCc1ccc(Cl)cc1Cl. The Kier molecular flexibility index (Phi) is 5.91. The summed E-state index contributed by atoms with van der Waals surface area (Å²) in [5.74, 6) is 1.09. The smallest absolute Gasteiger partial charge is 0.0465 e. The molecular weight excluding hydrogens is 264 g/mol. The topological polar surface area (TPSA) is 12.0 Å². The van der Waals surface area contributed by atoms with E-state index in [9.17, 15) is 0 Å². The first kappa shape index (κ1) is 14.1. The molecule has 0 aliphatic rings. The van der Waals surface area contributed by atoms with E-state index >= 15 is 0 Å². The third-order valence-electron chi connectivity index (χ3n) is 2.73. The molecule has 0 bridgehead atoms. The number of benzene rings is 1. The van der Waals surface area contributed by atoms with Crippen molar-refractivity contribution < 1.29 is 0 Å². The molecule has 0 aliphatic heterocycles. The average Bonchev–Trinajstić information content (AvgIpc) is 2.26. The Morgan fingerprint density at radius 2 is 1.94 bits per heavy atom. The van der Waals surface area contributed by atoms with Gasteiger partial charge in [-0.15, -0.1) is 11.6 Å². The van der Waals surface area contributed by atoms with E-state index in [4.69, 9.17) is 34.8 Å². The van der Waals surface area contributed by atoms with Crippen LogP contribution in [0.1, 0.15) is 19.4 Å². The summed E-state index contributed by atoms with van der Waals surface area (Å²) in [6.45, 7) is 4.98. The van der Waals surface area contributed by atoms with Gasteiger partial charge in [0, 0.05) is 28.5 Å². The van der Waals surface area contributed by atoms with Crippen molar-refractivity contribution >= 4 is 34.8 Å². The highest BCUT2D eigenvalue weighted by atomic mass is 35.5. The second-order valence-electron chi connectivity index (χ2n) is 4.04. The fourth-order valence-electron chi connectivity index (χ4n) is 1.27. The highest BCUT2D eigenvalue weighted by Gasteiger charge is 2.10. The minimum Gasteiger partial charge on any atom is -0.310 e. The zero-order valence-corrected chi connectivity index (χ0v) is 11.7. The van der Waals surface area contributed by atoms with Gasteiger partial charge in [0.2, 0.25) is 0 Å². The fourth-order valence-corrected chi connectivity index (χ4v) is 2.01. The summed E-state index contributed by atoms with van der Waals surface area (Å²) in [6.07, 6.45) is 0. The normalized spacial score (nSPS) is 14.8. The largest absolute Gasteiger partial charge is 0.310 e. The maximum absolute atomic E-state index is 6.08. The Balaban J connectivity index is 2.54. The van der Waals surface area contributed by atoms with Gasteiger partial charge in [-0.05, 0) is 30.5 Å². The molecule has 1 N–H and O–H groups in total. The van der Waals surface area contributed by atoms with E-state index in [1.165, 1.54) is 0 Å². The van der Waals surface area contributed by atoms with Crippen LogP contribution in [0.25, 0.3) is 0 Å². The van der Waals surface area contributed by atoms with E-state index in [-0.39, 0.29) is 0 Å². The van der Waals surface area contributed by atoms with Crippen molar-refractivity contribution in [3.05, 3.63) is 33.8 Å². The first-order valence-corrected chi connectivity index (χ1v) is 6.57. The third-order valence-corrected chi connectivity index (χ3v) is 3.80. The summed E-state index contributed by atoms with van der Waals surface area (Å²) in [5.41, 5.74) is 1.06. The number of nitrogens with one attached hydrogen (secondary N) is 1. The lowest BCUT2D eigenvalue weighted by Crippen LogP contribution is -2.32. The van der Waals surface area contributed by atoms with Crippen LogP contribution in [0.4, 0.5) is 0 Å². The number of rotatable bonds is 5. The fraction of sp³-hybridized carbons (Fsp3) is 0.500. The van der Waals surface area contributed by atoms with Gasteiger partial charge in [0.1, 0.15) is 0 Å². The lowest BCUT2D eigenvalue weighted by atomic mass is 10.1. The molecule has 0 aromatic heterocycles. The standard InChI is InChI=1S/C12H16Cl3N/c1-8(6-13)9(2)16-7-10-3-4-11(14)5-12(10)15/h3-5,8-9,16H,6-7H2,1-2H3. The summed E-state index contributed by atoms with van der Waals surface area (Å²) in [4.78, 5) is 0. The van der Waals surface area contributed by atoms with E-state index in [0.29, 0.717) is 27.9 Å². The maximum Gasteiger partial charge on any atom is 0.0465 e. The van der Waals surface area contributed by atoms with Crippen LogP contribution in [0.5, 0.6) is 0 Å². The minimum absolute atomic E-state index is 0.365. The van der Waals surface area contributed by atoms with E-state index in [1.807, 2.05) is 12.1 Å². The van der Waals surface area contributed by atoms with E-state index < -0.39 is 0 Å². The molecule has 0 saturated heterocycles. The van der Waals surface area contributed by atoms with Crippen LogP contribution < -0.4 is 5.32 Å². The quantitative estimate of drug-likeness (QED) is 0.791. The van der Waals surface area contributed by atoms with Crippen molar-refractivity contribution in [3.63, 3.8) is 0 Å². The maximum atomic E-state index is 6.08. The summed E-state index contributed by atoms with van der Waals surface area (Å²) < 4.78 is 0. The predicted molar refractivity (Wildman–Crippen MR) is 72.6 cm³/mol. The van der Waals surface area contributed by atoms with Crippen LogP contribution in [-0.4, -0.2) is 11.9 Å². The molecule has 0 radical (unpaired) electrons. The van der Waals surface area contributed by atoms with Crippen LogP contribution in [-0.2, 0) is 6.54 Å². The van der Waals surface area contributed by atoms with Gasteiger partial charge in [0.25, 0.3) is 0 Å². The Hall–Kier alpha value is 0.0500. The molecule has 0 spiro atoms. The van der Waals surface area contributed by atoms with Crippen molar-refractivity contribution in [1.29, 1.82) is 0 Å². The lowest BCUT2D eigenvalue weighted by Gasteiger charge is -2.19. The molecule has 0 aliphatic carbocycles. The van der Waals surface area contributed by atoms with Gasteiger partial charge in [-0.1, -0.05) is 36.2 Å². The Labute approximate surface area is 112 Å². The summed E-state index contributed by atoms with van der Waals surface area (Å²) in [5, 5.41) is 4.76. The van der Waals surface area contributed by atoms with Crippen molar-refractivity contribution in [2.75, 3.05) is 5.88 Å². The molecule has 1 aromatic rings. The summed E-state index contributed by atoms with van der Waals surface area (Å²) in [7, 11) is 0. The third kappa shape index (κ3) is 4.14. The lowest BCUT2D eigenvalue weighted by molar-refractivity contribution is 0.430. The monoisotopic (exact) mass is 279 g/mol. The van der Waals surface area contributed by atoms with Crippen molar-refractivity contribution in [3.8, 4) is 0 Å². The van der Waals surface area contributed by atoms with Crippen molar-refractivity contribution in [2.24, 2.45) is 5.92 Å². The van der Waals surface area contributed by atoms with Crippen LogP contribution >= 0.6 is 34.8 Å². The molecule has 0 saturated carbocycles. The van der Waals surface area contributed by atoms with Gasteiger partial charge in [-0.2, -0.15) is 0 Å². The predicted octanol–water partition coefficient (Wildman–Crippen LogP) is 4.35. The molecule has 0 heterocycles.